The van der Waals surface area contributed by atoms with Crippen molar-refractivity contribution >= 4 is 23.2 Å². The summed E-state index contributed by atoms with van der Waals surface area (Å²) in [6.07, 6.45) is 1.77. The van der Waals surface area contributed by atoms with Crippen molar-refractivity contribution in [2.24, 2.45) is 5.41 Å². The zero-order chi connectivity index (χ0) is 15.5. The van der Waals surface area contributed by atoms with E-state index in [1.807, 2.05) is 13.0 Å². The lowest BCUT2D eigenvalue weighted by Gasteiger charge is -2.33. The predicted octanol–water partition coefficient (Wildman–Crippen LogP) is 2.23. The smallest absolute Gasteiger partial charge is 0.311 e. The molecule has 1 aromatic heterocycles. The van der Waals surface area contributed by atoms with E-state index in [1.54, 1.807) is 0 Å². The van der Waals surface area contributed by atoms with Gasteiger partial charge in [-0.1, -0.05) is 6.92 Å². The van der Waals surface area contributed by atoms with Crippen LogP contribution in [0.3, 0.4) is 0 Å². The second-order valence-electron chi connectivity index (χ2n) is 5.43. The molecule has 2 rings (SSSR count). The third kappa shape index (κ3) is 3.44. The summed E-state index contributed by atoms with van der Waals surface area (Å²) in [5.41, 5.74) is 0.275. The number of rotatable bonds is 5. The topological polar surface area (TPSA) is 75.6 Å². The van der Waals surface area contributed by atoms with E-state index in [2.05, 4.69) is 12.2 Å². The standard InChI is InChI=1S/C15H21NO4S/c1-3-11-8-12(21-10(11)2)13(17)16-9-15(14(18)19)4-6-20-7-5-15/h8H,3-7,9H2,1-2H3,(H,16,17)(H,18,19). The van der Waals surface area contributed by atoms with Crippen molar-refractivity contribution in [2.45, 2.75) is 33.1 Å². The number of carbonyl (C=O) groups is 2. The minimum absolute atomic E-state index is 0.156. The highest BCUT2D eigenvalue weighted by Crippen LogP contribution is 2.30. The number of ether oxygens (including phenoxy) is 1. The van der Waals surface area contributed by atoms with Crippen LogP contribution < -0.4 is 5.32 Å². The van der Waals surface area contributed by atoms with Gasteiger partial charge in [0.25, 0.3) is 5.91 Å². The fourth-order valence-corrected chi connectivity index (χ4v) is 3.58. The van der Waals surface area contributed by atoms with E-state index in [1.165, 1.54) is 16.9 Å². The summed E-state index contributed by atoms with van der Waals surface area (Å²) in [5, 5.41) is 12.2. The summed E-state index contributed by atoms with van der Waals surface area (Å²) < 4.78 is 5.23. The van der Waals surface area contributed by atoms with E-state index in [4.69, 9.17) is 4.74 Å². The van der Waals surface area contributed by atoms with Crippen LogP contribution in [0, 0.1) is 12.3 Å². The average molecular weight is 311 g/mol. The largest absolute Gasteiger partial charge is 0.481 e. The lowest BCUT2D eigenvalue weighted by molar-refractivity contribution is -0.154. The van der Waals surface area contributed by atoms with Gasteiger partial charge in [0, 0.05) is 24.6 Å². The van der Waals surface area contributed by atoms with E-state index in [0.29, 0.717) is 30.9 Å². The number of aryl methyl sites for hydroxylation is 2. The van der Waals surface area contributed by atoms with Crippen LogP contribution in [0.15, 0.2) is 6.07 Å². The summed E-state index contributed by atoms with van der Waals surface area (Å²) in [6.45, 7) is 5.07. The summed E-state index contributed by atoms with van der Waals surface area (Å²) in [5.74, 6) is -1.04. The molecule has 0 bridgehead atoms. The Bertz CT molecular complexity index is 532. The van der Waals surface area contributed by atoms with E-state index in [0.717, 1.165) is 11.3 Å². The van der Waals surface area contributed by atoms with Gasteiger partial charge in [-0.3, -0.25) is 9.59 Å². The first-order valence-corrected chi connectivity index (χ1v) is 7.99. The van der Waals surface area contributed by atoms with E-state index < -0.39 is 11.4 Å². The Morgan fingerprint density at radius 3 is 2.62 bits per heavy atom. The van der Waals surface area contributed by atoms with E-state index in [-0.39, 0.29) is 12.5 Å². The van der Waals surface area contributed by atoms with Crippen LogP contribution in [0.25, 0.3) is 0 Å². The molecule has 1 aliphatic heterocycles. The molecule has 0 aromatic carbocycles. The Morgan fingerprint density at radius 2 is 2.10 bits per heavy atom. The first-order valence-electron chi connectivity index (χ1n) is 7.17. The van der Waals surface area contributed by atoms with Gasteiger partial charge < -0.3 is 15.2 Å². The molecule has 1 amide bonds. The molecule has 2 N–H and O–H groups in total. The summed E-state index contributed by atoms with van der Waals surface area (Å²) in [7, 11) is 0. The maximum absolute atomic E-state index is 12.2. The molecule has 0 spiro atoms. The van der Waals surface area contributed by atoms with Crippen LogP contribution in [0.5, 0.6) is 0 Å². The third-order valence-corrected chi connectivity index (χ3v) is 5.21. The fourth-order valence-electron chi connectivity index (χ4n) is 2.55. The molecule has 5 nitrogen and oxygen atoms in total. The minimum Gasteiger partial charge on any atom is -0.481 e. The van der Waals surface area contributed by atoms with Crippen LogP contribution in [0.2, 0.25) is 0 Å². The molecule has 116 valence electrons. The number of thiophene rings is 1. The van der Waals surface area contributed by atoms with Gasteiger partial charge in [0.1, 0.15) is 0 Å². The molecule has 2 heterocycles. The number of nitrogens with one attached hydrogen (secondary N) is 1. The van der Waals surface area contributed by atoms with Crippen molar-refractivity contribution in [3.63, 3.8) is 0 Å². The van der Waals surface area contributed by atoms with Crippen LogP contribution in [0.1, 0.15) is 39.9 Å². The lowest BCUT2D eigenvalue weighted by Crippen LogP contribution is -2.46. The van der Waals surface area contributed by atoms with Crippen LogP contribution in [-0.2, 0) is 16.0 Å². The van der Waals surface area contributed by atoms with Gasteiger partial charge >= 0.3 is 5.97 Å². The Kier molecular flexibility index (Phi) is 5.00. The van der Waals surface area contributed by atoms with Crippen molar-refractivity contribution in [3.8, 4) is 0 Å². The second kappa shape index (κ2) is 6.58. The van der Waals surface area contributed by atoms with Gasteiger partial charge in [-0.05, 0) is 37.8 Å². The summed E-state index contributed by atoms with van der Waals surface area (Å²) >= 11 is 1.46. The zero-order valence-corrected chi connectivity index (χ0v) is 13.2. The number of carboxylic acid groups (broad SMARTS) is 1. The van der Waals surface area contributed by atoms with Crippen molar-refractivity contribution in [2.75, 3.05) is 19.8 Å². The maximum Gasteiger partial charge on any atom is 0.311 e. The zero-order valence-electron chi connectivity index (χ0n) is 12.4. The second-order valence-corrected chi connectivity index (χ2v) is 6.68. The molecule has 6 heteroatoms. The molecule has 21 heavy (non-hydrogen) atoms. The SMILES string of the molecule is CCc1cc(C(=O)NCC2(C(=O)O)CCOCC2)sc1C. The van der Waals surface area contributed by atoms with Gasteiger partial charge in [0.2, 0.25) is 0 Å². The van der Waals surface area contributed by atoms with E-state index >= 15 is 0 Å². The molecular weight excluding hydrogens is 290 g/mol. The molecule has 1 fully saturated rings. The van der Waals surface area contributed by atoms with Gasteiger partial charge in [0.15, 0.2) is 0 Å². The van der Waals surface area contributed by atoms with E-state index in [9.17, 15) is 14.7 Å². The van der Waals surface area contributed by atoms with Gasteiger partial charge in [-0.2, -0.15) is 0 Å². The van der Waals surface area contributed by atoms with Crippen molar-refractivity contribution in [3.05, 3.63) is 21.4 Å². The molecule has 0 saturated carbocycles. The molecule has 0 unspecified atom stereocenters. The van der Waals surface area contributed by atoms with Crippen molar-refractivity contribution in [1.29, 1.82) is 0 Å². The molecule has 0 radical (unpaired) electrons. The van der Waals surface area contributed by atoms with Crippen LogP contribution >= 0.6 is 11.3 Å². The third-order valence-electron chi connectivity index (χ3n) is 4.12. The lowest BCUT2D eigenvalue weighted by atomic mass is 9.80. The van der Waals surface area contributed by atoms with Crippen LogP contribution in [-0.4, -0.2) is 36.7 Å². The first kappa shape index (κ1) is 16.0. The maximum atomic E-state index is 12.2. The predicted molar refractivity (Wildman–Crippen MR) is 80.9 cm³/mol. The Morgan fingerprint density at radius 1 is 1.43 bits per heavy atom. The molecule has 1 saturated heterocycles. The highest BCUT2D eigenvalue weighted by atomic mass is 32.1. The molecule has 0 aliphatic carbocycles. The van der Waals surface area contributed by atoms with Gasteiger partial charge in [-0.25, -0.2) is 0 Å². The molecule has 1 aliphatic rings. The molecular formula is C15H21NO4S. The Balaban J connectivity index is 2.03. The van der Waals surface area contributed by atoms with Gasteiger partial charge in [-0.15, -0.1) is 11.3 Å². The average Bonchev–Trinajstić information content (AvgIpc) is 2.86. The quantitative estimate of drug-likeness (QED) is 0.874. The highest BCUT2D eigenvalue weighted by Gasteiger charge is 2.40. The number of carboxylic acids is 1. The Hall–Kier alpha value is -1.40. The number of carbonyl (C=O) groups excluding carboxylic acids is 1. The number of aliphatic carboxylic acids is 1. The summed E-state index contributed by atoms with van der Waals surface area (Å²) in [4.78, 5) is 25.5. The Labute approximate surface area is 128 Å². The minimum atomic E-state index is -0.895. The van der Waals surface area contributed by atoms with Crippen molar-refractivity contribution < 1.29 is 19.4 Å². The van der Waals surface area contributed by atoms with Gasteiger partial charge in [0.05, 0.1) is 10.3 Å². The highest BCUT2D eigenvalue weighted by molar-refractivity contribution is 7.14. The summed E-state index contributed by atoms with van der Waals surface area (Å²) in [6, 6.07) is 1.90. The fraction of sp³-hybridized carbons (Fsp3) is 0.600. The normalized spacial score (nSPS) is 17.4. The number of hydrogen-bond acceptors (Lipinski definition) is 4. The molecule has 1 aromatic rings. The number of amides is 1. The molecule has 0 atom stereocenters. The monoisotopic (exact) mass is 311 g/mol. The van der Waals surface area contributed by atoms with Crippen LogP contribution in [0.4, 0.5) is 0 Å². The van der Waals surface area contributed by atoms with Crippen molar-refractivity contribution in [1.82, 2.24) is 5.32 Å². The first-order chi connectivity index (χ1) is 9.98. The number of hydrogen-bond donors (Lipinski definition) is 2.